The predicted molar refractivity (Wildman–Crippen MR) is 72.1 cm³/mol. The van der Waals surface area contributed by atoms with E-state index in [0.29, 0.717) is 11.0 Å². The maximum Gasteiger partial charge on any atom is 0.495 e. The molecule has 1 aliphatic rings. The Kier molecular flexibility index (Phi) is 3.31. The summed E-state index contributed by atoms with van der Waals surface area (Å²) >= 11 is 0. The van der Waals surface area contributed by atoms with Gasteiger partial charge in [0.2, 0.25) is 0 Å². The molecule has 0 bridgehead atoms. The van der Waals surface area contributed by atoms with Crippen LogP contribution in [0.2, 0.25) is 0 Å². The molecule has 0 aliphatic carbocycles. The molecule has 3 nitrogen and oxygen atoms in total. The van der Waals surface area contributed by atoms with Gasteiger partial charge in [-0.05, 0) is 52.2 Å². The van der Waals surface area contributed by atoms with E-state index in [9.17, 15) is 9.18 Å². The second kappa shape index (κ2) is 4.42. The molecule has 0 radical (unpaired) electrons. The predicted octanol–water partition coefficient (Wildman–Crippen LogP) is 2.33. The van der Waals surface area contributed by atoms with Gasteiger partial charge in [0, 0.05) is 5.56 Å². The van der Waals surface area contributed by atoms with Crippen molar-refractivity contribution in [3.8, 4) is 0 Å². The lowest BCUT2D eigenvalue weighted by Gasteiger charge is -2.32. The highest BCUT2D eigenvalue weighted by Gasteiger charge is 2.52. The van der Waals surface area contributed by atoms with Crippen molar-refractivity contribution in [2.75, 3.05) is 0 Å². The minimum Gasteiger partial charge on any atom is -0.399 e. The van der Waals surface area contributed by atoms with Crippen LogP contribution in [0.3, 0.4) is 0 Å². The van der Waals surface area contributed by atoms with Gasteiger partial charge in [-0.3, -0.25) is 4.79 Å². The van der Waals surface area contributed by atoms with Crippen LogP contribution in [0.1, 0.15) is 45.0 Å². The van der Waals surface area contributed by atoms with Gasteiger partial charge < -0.3 is 9.31 Å². The number of carbonyl (C=O) groups excluding carboxylic acids is 1. The molecule has 2 rings (SSSR count). The molecule has 1 heterocycles. The van der Waals surface area contributed by atoms with E-state index in [0.717, 1.165) is 0 Å². The van der Waals surface area contributed by atoms with E-state index < -0.39 is 24.1 Å². The van der Waals surface area contributed by atoms with Gasteiger partial charge in [-0.15, -0.1) is 0 Å². The van der Waals surface area contributed by atoms with Gasteiger partial charge in [-0.1, -0.05) is 6.07 Å². The summed E-state index contributed by atoms with van der Waals surface area (Å²) in [6.45, 7) is 9.14. The molecule has 0 N–H and O–H groups in total. The first-order valence-corrected chi connectivity index (χ1v) is 6.30. The molecule has 0 aromatic heterocycles. The van der Waals surface area contributed by atoms with Gasteiger partial charge in [0.15, 0.2) is 5.78 Å². The molecular weight excluding hydrogens is 246 g/mol. The second-order valence-corrected chi connectivity index (χ2v) is 5.88. The molecule has 1 aromatic carbocycles. The van der Waals surface area contributed by atoms with Crippen molar-refractivity contribution in [3.05, 3.63) is 29.6 Å². The molecule has 102 valence electrons. The van der Waals surface area contributed by atoms with Gasteiger partial charge in [0.05, 0.1) is 11.2 Å². The van der Waals surface area contributed by atoms with Crippen LogP contribution in [0, 0.1) is 5.82 Å². The number of hydrogen-bond donors (Lipinski definition) is 0. The fourth-order valence-corrected chi connectivity index (χ4v) is 2.01. The average Bonchev–Trinajstić information content (AvgIpc) is 2.47. The third-order valence-corrected chi connectivity index (χ3v) is 3.90. The Morgan fingerprint density at radius 2 is 1.68 bits per heavy atom. The molecule has 0 unspecified atom stereocenters. The molecule has 0 spiro atoms. The smallest absolute Gasteiger partial charge is 0.399 e. The third-order valence-electron chi connectivity index (χ3n) is 3.90. The highest BCUT2D eigenvalue weighted by Crippen LogP contribution is 2.36. The average molecular weight is 264 g/mol. The van der Waals surface area contributed by atoms with E-state index in [1.807, 2.05) is 27.7 Å². The lowest BCUT2D eigenvalue weighted by Crippen LogP contribution is -2.41. The van der Waals surface area contributed by atoms with Crippen molar-refractivity contribution in [1.29, 1.82) is 0 Å². The second-order valence-electron chi connectivity index (χ2n) is 5.88. The van der Waals surface area contributed by atoms with Crippen molar-refractivity contribution >= 4 is 18.4 Å². The number of benzene rings is 1. The van der Waals surface area contributed by atoms with Gasteiger partial charge in [0.25, 0.3) is 0 Å². The summed E-state index contributed by atoms with van der Waals surface area (Å²) in [6.07, 6.45) is 0. The Balaban J connectivity index is 2.42. The number of rotatable bonds is 2. The van der Waals surface area contributed by atoms with E-state index in [2.05, 4.69) is 0 Å². The van der Waals surface area contributed by atoms with Crippen LogP contribution in [0.4, 0.5) is 4.39 Å². The van der Waals surface area contributed by atoms with Crippen molar-refractivity contribution in [3.63, 3.8) is 0 Å². The van der Waals surface area contributed by atoms with E-state index >= 15 is 0 Å². The number of hydrogen-bond acceptors (Lipinski definition) is 3. The van der Waals surface area contributed by atoms with E-state index in [4.69, 9.17) is 9.31 Å². The van der Waals surface area contributed by atoms with Crippen LogP contribution in [0.25, 0.3) is 0 Å². The van der Waals surface area contributed by atoms with E-state index in [1.165, 1.54) is 19.1 Å². The van der Waals surface area contributed by atoms with E-state index in [1.54, 1.807) is 6.07 Å². The zero-order valence-corrected chi connectivity index (χ0v) is 11.9. The minimum atomic E-state index is -0.649. The van der Waals surface area contributed by atoms with Crippen LogP contribution in [0.15, 0.2) is 18.2 Å². The van der Waals surface area contributed by atoms with Gasteiger partial charge in [0.1, 0.15) is 5.82 Å². The van der Waals surface area contributed by atoms with Gasteiger partial charge in [-0.25, -0.2) is 4.39 Å². The summed E-state index contributed by atoms with van der Waals surface area (Å²) in [5, 5.41) is 0. The highest BCUT2D eigenvalue weighted by atomic mass is 19.1. The van der Waals surface area contributed by atoms with Crippen molar-refractivity contribution in [1.82, 2.24) is 0 Å². The zero-order chi connectivity index (χ0) is 14.4. The maximum absolute atomic E-state index is 13.3. The number of Topliss-reactive ketones (excluding diaryl/α,β-unsaturated/α-hetero) is 1. The van der Waals surface area contributed by atoms with Gasteiger partial charge >= 0.3 is 7.12 Å². The fourth-order valence-electron chi connectivity index (χ4n) is 2.01. The maximum atomic E-state index is 13.3. The molecular formula is C14H18BFO3. The first-order valence-electron chi connectivity index (χ1n) is 6.30. The topological polar surface area (TPSA) is 35.5 Å². The van der Waals surface area contributed by atoms with Crippen LogP contribution in [-0.2, 0) is 9.31 Å². The van der Waals surface area contributed by atoms with E-state index in [-0.39, 0.29) is 5.78 Å². The van der Waals surface area contributed by atoms with Crippen LogP contribution in [0.5, 0.6) is 0 Å². The summed E-state index contributed by atoms with van der Waals surface area (Å²) in [5.41, 5.74) is -0.0914. The molecule has 1 saturated heterocycles. The Morgan fingerprint density at radius 3 is 2.16 bits per heavy atom. The summed E-state index contributed by atoms with van der Waals surface area (Å²) in [4.78, 5) is 11.6. The quantitative estimate of drug-likeness (QED) is 0.607. The van der Waals surface area contributed by atoms with Crippen molar-refractivity contribution in [2.24, 2.45) is 0 Å². The number of ketones is 1. The largest absolute Gasteiger partial charge is 0.495 e. The molecule has 1 aliphatic heterocycles. The molecule has 0 amide bonds. The monoisotopic (exact) mass is 264 g/mol. The zero-order valence-electron chi connectivity index (χ0n) is 11.9. The number of halogens is 1. The normalized spacial score (nSPS) is 20.6. The lowest BCUT2D eigenvalue weighted by atomic mass is 9.75. The summed E-state index contributed by atoms with van der Waals surface area (Å²) < 4.78 is 25.0. The molecule has 5 heteroatoms. The third kappa shape index (κ3) is 2.45. The fraction of sp³-hybridized carbons (Fsp3) is 0.500. The molecule has 0 atom stereocenters. The molecule has 1 aromatic rings. The Hall–Kier alpha value is -1.20. The summed E-state index contributed by atoms with van der Waals surface area (Å²) in [6, 6.07) is 4.09. The highest BCUT2D eigenvalue weighted by molar-refractivity contribution is 6.63. The van der Waals surface area contributed by atoms with Crippen molar-refractivity contribution in [2.45, 2.75) is 45.8 Å². The Labute approximate surface area is 113 Å². The van der Waals surface area contributed by atoms with Crippen LogP contribution in [-0.4, -0.2) is 24.1 Å². The Morgan fingerprint density at radius 1 is 1.16 bits per heavy atom. The molecule has 1 fully saturated rings. The Bertz CT molecular complexity index is 509. The van der Waals surface area contributed by atoms with Gasteiger partial charge in [-0.2, -0.15) is 0 Å². The molecule has 19 heavy (non-hydrogen) atoms. The lowest BCUT2D eigenvalue weighted by molar-refractivity contribution is 0.00578. The number of carbonyl (C=O) groups is 1. The van der Waals surface area contributed by atoms with Crippen molar-refractivity contribution < 1.29 is 18.5 Å². The summed E-state index contributed by atoms with van der Waals surface area (Å²) in [5.74, 6) is -0.644. The SMILES string of the molecule is CC(=O)c1cc(F)ccc1B1OC(C)(C)C(C)(C)O1. The van der Waals surface area contributed by atoms with Crippen LogP contribution < -0.4 is 5.46 Å². The standard InChI is InChI=1S/C14H18BFO3/c1-9(17)11-8-10(16)6-7-12(11)15-18-13(2,3)14(4,5)19-15/h6-8H,1-5H3. The van der Waals surface area contributed by atoms with Crippen LogP contribution >= 0.6 is 0 Å². The minimum absolute atomic E-state index is 0.204. The molecule has 0 saturated carbocycles. The summed E-state index contributed by atoms with van der Waals surface area (Å²) in [7, 11) is -0.649. The first-order chi connectivity index (χ1) is 8.64. The first kappa shape index (κ1) is 14.2.